The van der Waals surface area contributed by atoms with Gasteiger partial charge in [-0.05, 0) is 36.6 Å². The van der Waals surface area contributed by atoms with Crippen LogP contribution in [0.3, 0.4) is 0 Å². The predicted octanol–water partition coefficient (Wildman–Crippen LogP) is 4.16. The monoisotopic (exact) mass is 409 g/mol. The van der Waals surface area contributed by atoms with Gasteiger partial charge >= 0.3 is 0 Å². The minimum Gasteiger partial charge on any atom is -0.459 e. The van der Waals surface area contributed by atoms with Crippen molar-refractivity contribution in [3.05, 3.63) is 47.2 Å². The van der Waals surface area contributed by atoms with Gasteiger partial charge in [-0.2, -0.15) is 0 Å². The second-order valence-electron chi connectivity index (χ2n) is 7.45. The number of sulfone groups is 1. The van der Waals surface area contributed by atoms with Crippen LogP contribution in [-0.4, -0.2) is 36.8 Å². The fourth-order valence-electron chi connectivity index (χ4n) is 3.34. The van der Waals surface area contributed by atoms with E-state index in [4.69, 9.17) is 16.0 Å². The van der Waals surface area contributed by atoms with Crippen molar-refractivity contribution in [1.82, 2.24) is 4.90 Å². The van der Waals surface area contributed by atoms with Crippen LogP contribution in [0.5, 0.6) is 0 Å². The molecule has 1 amide bonds. The Kier molecular flexibility index (Phi) is 5.96. The molecule has 0 N–H and O–H groups in total. The maximum Gasteiger partial charge on any atom is 0.223 e. The number of furan rings is 1. The summed E-state index contributed by atoms with van der Waals surface area (Å²) in [4.78, 5) is 14.4. The molecule has 1 aromatic heterocycles. The molecule has 0 bridgehead atoms. The van der Waals surface area contributed by atoms with Crippen molar-refractivity contribution in [1.29, 1.82) is 0 Å². The SMILES string of the molecule is CC(C)CC(=O)N(Cc1ccc(-c2cccc(Cl)c2)o1)C1CCS(=O)(=O)C1. The number of hydrogen-bond acceptors (Lipinski definition) is 4. The van der Waals surface area contributed by atoms with Crippen molar-refractivity contribution in [3.8, 4) is 11.3 Å². The summed E-state index contributed by atoms with van der Waals surface area (Å²) in [6.07, 6.45) is 0.867. The zero-order chi connectivity index (χ0) is 19.6. The van der Waals surface area contributed by atoms with E-state index >= 15 is 0 Å². The third kappa shape index (κ3) is 5.14. The average molecular weight is 410 g/mol. The van der Waals surface area contributed by atoms with Crippen LogP contribution in [0.1, 0.15) is 32.4 Å². The molecule has 0 aliphatic carbocycles. The highest BCUT2D eigenvalue weighted by Crippen LogP contribution is 2.27. The second kappa shape index (κ2) is 8.07. The van der Waals surface area contributed by atoms with E-state index in [1.807, 2.05) is 44.2 Å². The summed E-state index contributed by atoms with van der Waals surface area (Å²) in [6.45, 7) is 4.23. The van der Waals surface area contributed by atoms with Gasteiger partial charge < -0.3 is 9.32 Å². The lowest BCUT2D eigenvalue weighted by Gasteiger charge is -2.28. The maximum absolute atomic E-state index is 12.7. The molecule has 1 aliphatic heterocycles. The lowest BCUT2D eigenvalue weighted by atomic mass is 10.1. The van der Waals surface area contributed by atoms with E-state index in [0.717, 1.165) is 5.56 Å². The van der Waals surface area contributed by atoms with Crippen LogP contribution < -0.4 is 0 Å². The van der Waals surface area contributed by atoms with Gasteiger partial charge in [0.2, 0.25) is 5.91 Å². The van der Waals surface area contributed by atoms with Gasteiger partial charge in [-0.1, -0.05) is 37.6 Å². The van der Waals surface area contributed by atoms with Crippen molar-refractivity contribution < 1.29 is 17.6 Å². The quantitative estimate of drug-likeness (QED) is 0.718. The highest BCUT2D eigenvalue weighted by atomic mass is 35.5. The zero-order valence-corrected chi connectivity index (χ0v) is 17.1. The van der Waals surface area contributed by atoms with E-state index in [2.05, 4.69) is 0 Å². The van der Waals surface area contributed by atoms with E-state index < -0.39 is 9.84 Å². The molecule has 0 saturated carbocycles. The normalized spacial score (nSPS) is 18.7. The van der Waals surface area contributed by atoms with Gasteiger partial charge in [0.25, 0.3) is 0 Å². The Morgan fingerprint density at radius 1 is 1.30 bits per heavy atom. The first-order valence-electron chi connectivity index (χ1n) is 9.08. The van der Waals surface area contributed by atoms with Gasteiger partial charge in [0.15, 0.2) is 9.84 Å². The fourth-order valence-corrected chi connectivity index (χ4v) is 5.26. The summed E-state index contributed by atoms with van der Waals surface area (Å²) < 4.78 is 29.7. The highest BCUT2D eigenvalue weighted by Gasteiger charge is 2.35. The number of nitrogens with zero attached hydrogens (tertiary/aromatic N) is 1. The van der Waals surface area contributed by atoms with Crippen LogP contribution >= 0.6 is 11.6 Å². The molecule has 146 valence electrons. The number of hydrogen-bond donors (Lipinski definition) is 0. The van der Waals surface area contributed by atoms with Gasteiger partial charge in [-0.15, -0.1) is 0 Å². The van der Waals surface area contributed by atoms with Crippen LogP contribution in [-0.2, 0) is 21.2 Å². The molecule has 2 aromatic rings. The second-order valence-corrected chi connectivity index (χ2v) is 10.1. The fraction of sp³-hybridized carbons (Fsp3) is 0.450. The summed E-state index contributed by atoms with van der Waals surface area (Å²) in [5, 5.41) is 0.621. The molecule has 1 saturated heterocycles. The van der Waals surface area contributed by atoms with Gasteiger partial charge in [-0.3, -0.25) is 4.79 Å². The average Bonchev–Trinajstić information content (AvgIpc) is 3.18. The van der Waals surface area contributed by atoms with E-state index in [-0.39, 0.29) is 35.9 Å². The van der Waals surface area contributed by atoms with E-state index in [9.17, 15) is 13.2 Å². The molecule has 1 aliphatic rings. The lowest BCUT2D eigenvalue weighted by molar-refractivity contribution is -0.134. The van der Waals surface area contributed by atoms with Gasteiger partial charge in [0, 0.05) is 23.0 Å². The maximum atomic E-state index is 12.7. The van der Waals surface area contributed by atoms with Crippen LogP contribution in [0.25, 0.3) is 11.3 Å². The first-order chi connectivity index (χ1) is 12.7. The largest absolute Gasteiger partial charge is 0.459 e. The summed E-state index contributed by atoms with van der Waals surface area (Å²) >= 11 is 6.04. The van der Waals surface area contributed by atoms with Crippen LogP contribution in [0.15, 0.2) is 40.8 Å². The van der Waals surface area contributed by atoms with Crippen LogP contribution in [0.4, 0.5) is 0 Å². The number of rotatable bonds is 6. The number of amides is 1. The molecule has 7 heteroatoms. The van der Waals surface area contributed by atoms with Crippen molar-refractivity contribution in [2.24, 2.45) is 5.92 Å². The Labute approximate surface area is 165 Å². The molecule has 1 aromatic carbocycles. The zero-order valence-electron chi connectivity index (χ0n) is 15.5. The van der Waals surface area contributed by atoms with Crippen molar-refractivity contribution in [2.45, 2.75) is 39.3 Å². The Morgan fingerprint density at radius 3 is 2.70 bits per heavy atom. The molecule has 2 heterocycles. The standard InChI is InChI=1S/C20H24ClNO4S/c1-14(2)10-20(23)22(17-8-9-27(24,25)13-17)12-18-6-7-19(26-18)15-4-3-5-16(21)11-15/h3-7,11,14,17H,8-10,12-13H2,1-2H3. The molecule has 0 spiro atoms. The van der Waals surface area contributed by atoms with Crippen LogP contribution in [0, 0.1) is 5.92 Å². The lowest BCUT2D eigenvalue weighted by Crippen LogP contribution is -2.41. The molecule has 5 nitrogen and oxygen atoms in total. The van der Waals surface area contributed by atoms with Crippen molar-refractivity contribution >= 4 is 27.3 Å². The smallest absolute Gasteiger partial charge is 0.223 e. The van der Waals surface area contributed by atoms with Gasteiger partial charge in [0.1, 0.15) is 11.5 Å². The van der Waals surface area contributed by atoms with Gasteiger partial charge in [0.05, 0.1) is 18.1 Å². The summed E-state index contributed by atoms with van der Waals surface area (Å²) in [5.74, 6) is 1.63. The Balaban J connectivity index is 1.81. The predicted molar refractivity (Wildman–Crippen MR) is 106 cm³/mol. The molecular weight excluding hydrogens is 386 g/mol. The Bertz CT molecular complexity index is 920. The Morgan fingerprint density at radius 2 is 2.07 bits per heavy atom. The number of carbonyl (C=O) groups excluding carboxylic acids is 1. The van der Waals surface area contributed by atoms with E-state index in [1.54, 1.807) is 11.0 Å². The third-order valence-electron chi connectivity index (χ3n) is 4.65. The number of carbonyl (C=O) groups is 1. The molecule has 0 radical (unpaired) electrons. The molecule has 1 atom stereocenters. The van der Waals surface area contributed by atoms with Gasteiger partial charge in [-0.25, -0.2) is 8.42 Å². The van der Waals surface area contributed by atoms with E-state index in [1.165, 1.54) is 0 Å². The third-order valence-corrected chi connectivity index (χ3v) is 6.63. The minimum atomic E-state index is -3.08. The molecule has 1 unspecified atom stereocenters. The van der Waals surface area contributed by atoms with E-state index in [0.29, 0.717) is 29.4 Å². The highest BCUT2D eigenvalue weighted by molar-refractivity contribution is 7.91. The van der Waals surface area contributed by atoms with Crippen molar-refractivity contribution in [3.63, 3.8) is 0 Å². The first kappa shape index (κ1) is 20.0. The topological polar surface area (TPSA) is 67.6 Å². The summed E-state index contributed by atoms with van der Waals surface area (Å²) in [5.41, 5.74) is 0.859. The minimum absolute atomic E-state index is 0.0265. The first-order valence-corrected chi connectivity index (χ1v) is 11.3. The number of benzene rings is 1. The van der Waals surface area contributed by atoms with Crippen molar-refractivity contribution in [2.75, 3.05) is 11.5 Å². The summed E-state index contributed by atoms with van der Waals surface area (Å²) in [6, 6.07) is 10.7. The Hall–Kier alpha value is -1.79. The molecule has 27 heavy (non-hydrogen) atoms. The summed E-state index contributed by atoms with van der Waals surface area (Å²) in [7, 11) is -3.08. The molecule has 1 fully saturated rings. The molecular formula is C20H24ClNO4S. The van der Waals surface area contributed by atoms with Crippen LogP contribution in [0.2, 0.25) is 5.02 Å². The molecule has 3 rings (SSSR count). The number of halogens is 1.